The Hall–Kier alpha value is -2.83. The van der Waals surface area contributed by atoms with Crippen LogP contribution in [0.2, 0.25) is 0 Å². The number of carbonyl (C=O) groups is 2. The highest BCUT2D eigenvalue weighted by molar-refractivity contribution is 5.91. The molecular formula is C18H25N5O2. The number of urea groups is 1. The van der Waals surface area contributed by atoms with Crippen molar-refractivity contribution in [1.29, 1.82) is 0 Å². The first-order valence-electron chi connectivity index (χ1n) is 8.27. The van der Waals surface area contributed by atoms with Gasteiger partial charge >= 0.3 is 6.03 Å². The molecular weight excluding hydrogens is 318 g/mol. The molecule has 0 atom stereocenters. The molecule has 0 aliphatic carbocycles. The monoisotopic (exact) mass is 343 g/mol. The summed E-state index contributed by atoms with van der Waals surface area (Å²) < 4.78 is 1.72. The summed E-state index contributed by atoms with van der Waals surface area (Å²) in [6.45, 7) is 4.53. The van der Waals surface area contributed by atoms with Gasteiger partial charge in [-0.15, -0.1) is 0 Å². The Morgan fingerprint density at radius 2 is 1.88 bits per heavy atom. The number of hydrogen-bond donors (Lipinski definition) is 2. The number of amides is 3. The normalized spacial score (nSPS) is 10.5. The van der Waals surface area contributed by atoms with Gasteiger partial charge in [-0.05, 0) is 25.8 Å². The van der Waals surface area contributed by atoms with Crippen LogP contribution in [0, 0.1) is 13.8 Å². The fourth-order valence-electron chi connectivity index (χ4n) is 2.61. The summed E-state index contributed by atoms with van der Waals surface area (Å²) in [6.07, 6.45) is 0.839. The van der Waals surface area contributed by atoms with Gasteiger partial charge < -0.3 is 16.0 Å². The van der Waals surface area contributed by atoms with E-state index in [9.17, 15) is 9.59 Å². The van der Waals surface area contributed by atoms with Gasteiger partial charge in [0.05, 0.1) is 17.1 Å². The van der Waals surface area contributed by atoms with Crippen molar-refractivity contribution in [3.8, 4) is 0 Å². The standard InChI is InChI=1S/C18H25N5O2/c1-13-17(14(2)22(3)21-13)20-18(25)23(12-10-16(19)24)11-9-15-7-5-4-6-8-15/h4-8H,9-12H2,1-3H3,(H2,19,24)(H,20,25). The van der Waals surface area contributed by atoms with Crippen molar-refractivity contribution in [1.82, 2.24) is 14.7 Å². The second-order valence-corrected chi connectivity index (χ2v) is 6.04. The molecule has 0 saturated heterocycles. The Labute approximate surface area is 147 Å². The molecule has 0 aliphatic heterocycles. The number of hydrogen-bond acceptors (Lipinski definition) is 3. The minimum absolute atomic E-state index is 0.132. The van der Waals surface area contributed by atoms with E-state index in [4.69, 9.17) is 5.73 Å². The van der Waals surface area contributed by atoms with E-state index in [1.54, 1.807) is 9.58 Å². The first-order chi connectivity index (χ1) is 11.9. The zero-order chi connectivity index (χ0) is 18.4. The van der Waals surface area contributed by atoms with Gasteiger partial charge in [-0.3, -0.25) is 9.48 Å². The lowest BCUT2D eigenvalue weighted by Gasteiger charge is -2.23. The van der Waals surface area contributed by atoms with Crippen LogP contribution in [0.5, 0.6) is 0 Å². The van der Waals surface area contributed by atoms with Crippen LogP contribution in [-0.2, 0) is 18.3 Å². The number of anilines is 1. The fourth-order valence-corrected chi connectivity index (χ4v) is 2.61. The summed E-state index contributed by atoms with van der Waals surface area (Å²) >= 11 is 0. The quantitative estimate of drug-likeness (QED) is 0.805. The number of aromatic nitrogens is 2. The third kappa shape index (κ3) is 5.07. The second-order valence-electron chi connectivity index (χ2n) is 6.04. The summed E-state index contributed by atoms with van der Waals surface area (Å²) in [5.41, 5.74) is 8.71. The predicted molar refractivity (Wildman–Crippen MR) is 97.2 cm³/mol. The first kappa shape index (κ1) is 18.5. The molecule has 2 rings (SSSR count). The molecule has 0 radical (unpaired) electrons. The highest BCUT2D eigenvalue weighted by Gasteiger charge is 2.18. The van der Waals surface area contributed by atoms with Gasteiger partial charge in [-0.1, -0.05) is 30.3 Å². The van der Waals surface area contributed by atoms with Crippen LogP contribution >= 0.6 is 0 Å². The summed E-state index contributed by atoms with van der Waals surface area (Å²) in [5.74, 6) is -0.425. The minimum atomic E-state index is -0.425. The third-order valence-corrected chi connectivity index (χ3v) is 4.17. The van der Waals surface area contributed by atoms with Crippen LogP contribution in [-0.4, -0.2) is 39.7 Å². The van der Waals surface area contributed by atoms with Gasteiger partial charge in [-0.2, -0.15) is 5.10 Å². The molecule has 0 aliphatic rings. The third-order valence-electron chi connectivity index (χ3n) is 4.17. The molecule has 3 amide bonds. The van der Waals surface area contributed by atoms with Gasteiger partial charge in [-0.25, -0.2) is 4.79 Å². The van der Waals surface area contributed by atoms with Gasteiger partial charge in [0.2, 0.25) is 5.91 Å². The summed E-state index contributed by atoms with van der Waals surface area (Å²) in [4.78, 5) is 25.4. The molecule has 2 aromatic rings. The number of rotatable bonds is 7. The summed E-state index contributed by atoms with van der Waals surface area (Å²) in [7, 11) is 1.83. The maximum Gasteiger partial charge on any atom is 0.321 e. The van der Waals surface area contributed by atoms with Gasteiger partial charge in [0.25, 0.3) is 0 Å². The van der Waals surface area contributed by atoms with Crippen LogP contribution in [0.3, 0.4) is 0 Å². The van der Waals surface area contributed by atoms with Crippen LogP contribution in [0.15, 0.2) is 30.3 Å². The number of carbonyl (C=O) groups excluding carboxylic acids is 2. The Kier molecular flexibility index (Phi) is 6.16. The van der Waals surface area contributed by atoms with Gasteiger partial charge in [0.1, 0.15) is 0 Å². The fraction of sp³-hybridized carbons (Fsp3) is 0.389. The second kappa shape index (κ2) is 8.32. The lowest BCUT2D eigenvalue weighted by Crippen LogP contribution is -2.38. The van der Waals surface area contributed by atoms with Crippen molar-refractivity contribution >= 4 is 17.6 Å². The van der Waals surface area contributed by atoms with Crippen molar-refractivity contribution in [2.75, 3.05) is 18.4 Å². The summed E-state index contributed by atoms with van der Waals surface area (Å²) in [5, 5.41) is 7.21. The molecule has 0 bridgehead atoms. The molecule has 1 aromatic heterocycles. The number of aryl methyl sites for hydroxylation is 2. The van der Waals surface area contributed by atoms with Crippen molar-refractivity contribution in [2.24, 2.45) is 12.8 Å². The predicted octanol–water partition coefficient (Wildman–Crippen LogP) is 1.99. The average Bonchev–Trinajstić information content (AvgIpc) is 2.81. The molecule has 0 saturated carbocycles. The molecule has 0 spiro atoms. The number of nitrogens with two attached hydrogens (primary N) is 1. The van der Waals surface area contributed by atoms with E-state index in [-0.39, 0.29) is 19.0 Å². The van der Waals surface area contributed by atoms with Crippen molar-refractivity contribution in [3.63, 3.8) is 0 Å². The lowest BCUT2D eigenvalue weighted by atomic mass is 10.1. The molecule has 134 valence electrons. The Balaban J connectivity index is 2.07. The summed E-state index contributed by atoms with van der Waals surface area (Å²) in [6, 6.07) is 9.65. The van der Waals surface area contributed by atoms with Crippen LogP contribution in [0.25, 0.3) is 0 Å². The number of primary amides is 1. The average molecular weight is 343 g/mol. The lowest BCUT2D eigenvalue weighted by molar-refractivity contribution is -0.118. The Morgan fingerprint density at radius 3 is 2.44 bits per heavy atom. The number of benzene rings is 1. The number of nitrogens with one attached hydrogen (secondary N) is 1. The van der Waals surface area contributed by atoms with E-state index in [2.05, 4.69) is 10.4 Å². The molecule has 25 heavy (non-hydrogen) atoms. The zero-order valence-electron chi connectivity index (χ0n) is 15.0. The number of nitrogens with zero attached hydrogens (tertiary/aromatic N) is 3. The van der Waals surface area contributed by atoms with Gasteiger partial charge in [0.15, 0.2) is 0 Å². The maximum absolute atomic E-state index is 12.7. The molecule has 7 heteroatoms. The molecule has 1 heterocycles. The smallest absolute Gasteiger partial charge is 0.321 e. The highest BCUT2D eigenvalue weighted by atomic mass is 16.2. The SMILES string of the molecule is Cc1nn(C)c(C)c1NC(=O)N(CCC(N)=O)CCc1ccccc1. The van der Waals surface area contributed by atoms with Crippen LogP contribution in [0.1, 0.15) is 23.4 Å². The molecule has 0 unspecified atom stereocenters. The molecule has 0 fully saturated rings. The zero-order valence-corrected chi connectivity index (χ0v) is 15.0. The first-order valence-corrected chi connectivity index (χ1v) is 8.27. The van der Waals surface area contributed by atoms with Crippen molar-refractivity contribution < 1.29 is 9.59 Å². The van der Waals surface area contributed by atoms with E-state index < -0.39 is 5.91 Å². The van der Waals surface area contributed by atoms with E-state index in [1.165, 1.54) is 0 Å². The van der Waals surface area contributed by atoms with Crippen LogP contribution < -0.4 is 11.1 Å². The topological polar surface area (TPSA) is 93.2 Å². The minimum Gasteiger partial charge on any atom is -0.370 e. The van der Waals surface area contributed by atoms with Crippen LogP contribution in [0.4, 0.5) is 10.5 Å². The van der Waals surface area contributed by atoms with Gasteiger partial charge in [0, 0.05) is 26.6 Å². The molecule has 3 N–H and O–H groups in total. The van der Waals surface area contributed by atoms with E-state index in [0.717, 1.165) is 17.0 Å². The Morgan fingerprint density at radius 1 is 1.20 bits per heavy atom. The Bertz CT molecular complexity index is 739. The van der Waals surface area contributed by atoms with Crippen molar-refractivity contribution in [3.05, 3.63) is 47.3 Å². The van der Waals surface area contributed by atoms with E-state index in [1.807, 2.05) is 51.2 Å². The molecule has 1 aromatic carbocycles. The van der Waals surface area contributed by atoms with Crippen molar-refractivity contribution in [2.45, 2.75) is 26.7 Å². The largest absolute Gasteiger partial charge is 0.370 e. The highest BCUT2D eigenvalue weighted by Crippen LogP contribution is 2.19. The molecule has 7 nitrogen and oxygen atoms in total. The van der Waals surface area contributed by atoms with E-state index >= 15 is 0 Å². The maximum atomic E-state index is 12.7. The van der Waals surface area contributed by atoms with E-state index in [0.29, 0.717) is 18.7 Å².